The molecule has 0 unspecified atom stereocenters. The van der Waals surface area contributed by atoms with Crippen LogP contribution in [0.15, 0.2) is 47.4 Å². The van der Waals surface area contributed by atoms with Crippen molar-refractivity contribution in [3.63, 3.8) is 0 Å². The molecule has 0 saturated heterocycles. The highest BCUT2D eigenvalue weighted by molar-refractivity contribution is 7.89. The molecule has 2 aromatic carbocycles. The highest BCUT2D eigenvalue weighted by atomic mass is 32.2. The third-order valence-electron chi connectivity index (χ3n) is 4.89. The second kappa shape index (κ2) is 11.6. The minimum Gasteiger partial charge on any atom is -0.497 e. The minimum atomic E-state index is -3.48. The van der Waals surface area contributed by atoms with Crippen LogP contribution in [0.5, 0.6) is 11.5 Å². The van der Waals surface area contributed by atoms with E-state index in [1.165, 1.54) is 4.31 Å². The van der Waals surface area contributed by atoms with Gasteiger partial charge >= 0.3 is 6.03 Å². The Hall–Kier alpha value is -2.78. The van der Waals surface area contributed by atoms with E-state index in [2.05, 4.69) is 10.6 Å². The summed E-state index contributed by atoms with van der Waals surface area (Å²) in [6.07, 6.45) is 0.589. The van der Waals surface area contributed by atoms with Crippen molar-refractivity contribution >= 4 is 16.1 Å². The van der Waals surface area contributed by atoms with E-state index in [9.17, 15) is 13.2 Å². The number of carbonyl (C=O) groups excluding carboxylic acids is 1. The first kappa shape index (κ1) is 24.5. The molecule has 0 spiro atoms. The Morgan fingerprint density at radius 3 is 2.23 bits per heavy atom. The van der Waals surface area contributed by atoms with Crippen LogP contribution >= 0.6 is 0 Å². The molecule has 0 aromatic heterocycles. The number of rotatable bonds is 11. The zero-order valence-electron chi connectivity index (χ0n) is 18.5. The van der Waals surface area contributed by atoms with Crippen molar-refractivity contribution in [1.29, 1.82) is 0 Å². The Balaban J connectivity index is 1.85. The number of methoxy groups -OCH3 is 2. The third kappa shape index (κ3) is 6.60. The summed E-state index contributed by atoms with van der Waals surface area (Å²) in [5.74, 6) is 1.47. The maximum absolute atomic E-state index is 12.5. The molecule has 8 nitrogen and oxygen atoms in total. The predicted octanol–water partition coefficient (Wildman–Crippen LogP) is 2.78. The molecule has 2 N–H and O–H groups in total. The Morgan fingerprint density at radius 2 is 1.65 bits per heavy atom. The topological polar surface area (TPSA) is 97.0 Å². The second-order valence-corrected chi connectivity index (χ2v) is 8.71. The van der Waals surface area contributed by atoms with Crippen LogP contribution in [0.4, 0.5) is 4.79 Å². The van der Waals surface area contributed by atoms with Crippen LogP contribution in [0.2, 0.25) is 0 Å². The largest absolute Gasteiger partial charge is 0.497 e. The van der Waals surface area contributed by atoms with Gasteiger partial charge in [0.25, 0.3) is 0 Å². The Labute approximate surface area is 184 Å². The average molecular weight is 450 g/mol. The second-order valence-electron chi connectivity index (χ2n) is 6.77. The molecule has 2 amide bonds. The molecule has 0 aliphatic rings. The zero-order chi connectivity index (χ0) is 22.9. The van der Waals surface area contributed by atoms with Crippen LogP contribution < -0.4 is 20.1 Å². The van der Waals surface area contributed by atoms with Crippen LogP contribution in [0.3, 0.4) is 0 Å². The van der Waals surface area contributed by atoms with Crippen molar-refractivity contribution in [2.45, 2.75) is 31.7 Å². The van der Waals surface area contributed by atoms with Crippen molar-refractivity contribution in [2.75, 3.05) is 33.9 Å². The van der Waals surface area contributed by atoms with E-state index in [4.69, 9.17) is 9.47 Å². The summed E-state index contributed by atoms with van der Waals surface area (Å²) < 4.78 is 37.0. The summed E-state index contributed by atoms with van der Waals surface area (Å²) in [6, 6.07) is 11.8. The first-order chi connectivity index (χ1) is 14.8. The molecule has 0 bridgehead atoms. The lowest BCUT2D eigenvalue weighted by atomic mass is 10.1. The Morgan fingerprint density at radius 1 is 0.968 bits per heavy atom. The molecule has 0 fully saturated rings. The van der Waals surface area contributed by atoms with Crippen molar-refractivity contribution in [3.05, 3.63) is 53.6 Å². The lowest BCUT2D eigenvalue weighted by molar-refractivity contribution is 0.240. The molecule has 0 aliphatic heterocycles. The van der Waals surface area contributed by atoms with E-state index in [1.807, 2.05) is 32.0 Å². The van der Waals surface area contributed by atoms with E-state index in [1.54, 1.807) is 38.5 Å². The number of benzene rings is 2. The number of ether oxygens (including phenoxy) is 2. The fourth-order valence-corrected chi connectivity index (χ4v) is 4.58. The van der Waals surface area contributed by atoms with Crippen molar-refractivity contribution in [1.82, 2.24) is 14.9 Å². The van der Waals surface area contributed by atoms with Crippen LogP contribution in [0, 0.1) is 0 Å². The molecule has 0 saturated carbocycles. The van der Waals surface area contributed by atoms with Gasteiger partial charge in [-0.3, -0.25) is 0 Å². The number of hydrogen-bond acceptors (Lipinski definition) is 5. The van der Waals surface area contributed by atoms with Gasteiger partial charge in [0.1, 0.15) is 11.5 Å². The maximum atomic E-state index is 12.5. The van der Waals surface area contributed by atoms with E-state index in [0.29, 0.717) is 32.6 Å². The zero-order valence-corrected chi connectivity index (χ0v) is 19.3. The van der Waals surface area contributed by atoms with Crippen molar-refractivity contribution in [2.24, 2.45) is 0 Å². The molecule has 31 heavy (non-hydrogen) atoms. The summed E-state index contributed by atoms with van der Waals surface area (Å²) >= 11 is 0. The molecule has 0 radical (unpaired) electrons. The summed E-state index contributed by atoms with van der Waals surface area (Å²) in [4.78, 5) is 12.3. The number of urea groups is 1. The summed E-state index contributed by atoms with van der Waals surface area (Å²) in [5, 5.41) is 5.58. The van der Waals surface area contributed by atoms with Gasteiger partial charge < -0.3 is 20.1 Å². The predicted molar refractivity (Wildman–Crippen MR) is 120 cm³/mol. The van der Waals surface area contributed by atoms with Crippen molar-refractivity contribution < 1.29 is 22.7 Å². The first-order valence-electron chi connectivity index (χ1n) is 10.2. The lowest BCUT2D eigenvalue weighted by Crippen LogP contribution is -2.36. The fraction of sp³-hybridized carbons (Fsp3) is 0.409. The van der Waals surface area contributed by atoms with E-state index < -0.39 is 10.0 Å². The molecule has 2 rings (SSSR count). The molecular formula is C22H31N3O5S. The van der Waals surface area contributed by atoms with Gasteiger partial charge in [-0.15, -0.1) is 0 Å². The number of nitrogens with one attached hydrogen (secondary N) is 2. The fourth-order valence-electron chi connectivity index (χ4n) is 3.12. The van der Waals surface area contributed by atoms with Gasteiger partial charge in [0.15, 0.2) is 0 Å². The number of hydrogen-bond donors (Lipinski definition) is 2. The summed E-state index contributed by atoms with van der Waals surface area (Å²) in [6.45, 7) is 5.18. The number of nitrogens with zero attached hydrogens (tertiary/aromatic N) is 1. The number of amides is 2. The van der Waals surface area contributed by atoms with Crippen molar-refractivity contribution in [3.8, 4) is 11.5 Å². The van der Waals surface area contributed by atoms with Crippen LogP contribution in [0.25, 0.3) is 0 Å². The van der Waals surface area contributed by atoms with E-state index in [-0.39, 0.29) is 10.9 Å². The Kier molecular flexibility index (Phi) is 9.14. The van der Waals surface area contributed by atoms with Gasteiger partial charge in [0.05, 0.1) is 19.1 Å². The van der Waals surface area contributed by atoms with Gasteiger partial charge in [-0.2, -0.15) is 4.31 Å². The van der Waals surface area contributed by atoms with Gasteiger partial charge in [-0.1, -0.05) is 26.0 Å². The van der Waals surface area contributed by atoms with Crippen LogP contribution in [-0.2, 0) is 23.0 Å². The average Bonchev–Trinajstić information content (AvgIpc) is 2.78. The highest BCUT2D eigenvalue weighted by Crippen LogP contribution is 2.24. The van der Waals surface area contributed by atoms with Gasteiger partial charge in [-0.25, -0.2) is 13.2 Å². The number of carbonyl (C=O) groups is 1. The highest BCUT2D eigenvalue weighted by Gasteiger charge is 2.21. The summed E-state index contributed by atoms with van der Waals surface area (Å²) in [7, 11) is -0.283. The summed E-state index contributed by atoms with van der Waals surface area (Å²) in [5.41, 5.74) is 1.75. The quantitative estimate of drug-likeness (QED) is 0.550. The first-order valence-corrected chi connectivity index (χ1v) is 11.6. The van der Waals surface area contributed by atoms with Gasteiger partial charge in [0.2, 0.25) is 10.0 Å². The minimum absolute atomic E-state index is 0.247. The van der Waals surface area contributed by atoms with E-state index >= 15 is 0 Å². The maximum Gasteiger partial charge on any atom is 0.315 e. The van der Waals surface area contributed by atoms with Gasteiger partial charge in [-0.05, 0) is 47.9 Å². The lowest BCUT2D eigenvalue weighted by Gasteiger charge is -2.18. The standard InChI is InChI=1S/C22H31N3O5S/c1-5-25(6-2)31(27,28)20-10-7-17(8-11-20)16-24-22(26)23-14-13-18-15-19(29-3)9-12-21(18)30-4/h7-12,15H,5-6,13-14,16H2,1-4H3,(H2,23,24,26). The molecule has 0 atom stereocenters. The molecular weight excluding hydrogens is 418 g/mol. The molecule has 9 heteroatoms. The molecule has 2 aromatic rings. The van der Waals surface area contributed by atoms with Crippen LogP contribution in [0.1, 0.15) is 25.0 Å². The van der Waals surface area contributed by atoms with Crippen LogP contribution in [-0.4, -0.2) is 52.6 Å². The number of sulfonamides is 1. The SMILES string of the molecule is CCN(CC)S(=O)(=O)c1ccc(CNC(=O)NCCc2cc(OC)ccc2OC)cc1. The Bertz CT molecular complexity index is 958. The molecule has 0 heterocycles. The monoisotopic (exact) mass is 449 g/mol. The van der Waals surface area contributed by atoms with Gasteiger partial charge in [0, 0.05) is 26.2 Å². The molecule has 0 aliphatic carbocycles. The molecule has 170 valence electrons. The third-order valence-corrected chi connectivity index (χ3v) is 6.95. The smallest absolute Gasteiger partial charge is 0.315 e. The van der Waals surface area contributed by atoms with E-state index in [0.717, 1.165) is 22.6 Å². The normalized spacial score (nSPS) is 11.3.